The first-order chi connectivity index (χ1) is 9.40. The van der Waals surface area contributed by atoms with Crippen molar-refractivity contribution < 1.29 is 8.42 Å². The molecule has 2 aromatic rings. The molecule has 8 heteroatoms. The van der Waals surface area contributed by atoms with Gasteiger partial charge in [0.1, 0.15) is 10.0 Å². The Hall–Kier alpha value is -0.960. The van der Waals surface area contributed by atoms with Crippen molar-refractivity contribution in [3.8, 4) is 0 Å². The van der Waals surface area contributed by atoms with Gasteiger partial charge in [-0.3, -0.25) is 0 Å². The number of thiophene rings is 1. The van der Waals surface area contributed by atoms with Crippen molar-refractivity contribution in [3.63, 3.8) is 0 Å². The van der Waals surface area contributed by atoms with Gasteiger partial charge in [-0.15, -0.1) is 11.3 Å². The molecule has 0 aromatic carbocycles. The molecule has 0 aliphatic rings. The van der Waals surface area contributed by atoms with Gasteiger partial charge in [0.15, 0.2) is 0 Å². The Labute approximate surface area is 130 Å². The molecule has 0 aliphatic carbocycles. The van der Waals surface area contributed by atoms with Gasteiger partial charge in [0.05, 0.1) is 0 Å². The fourth-order valence-corrected chi connectivity index (χ4v) is 4.93. The van der Waals surface area contributed by atoms with Gasteiger partial charge in [0.2, 0.25) is 0 Å². The van der Waals surface area contributed by atoms with E-state index in [-0.39, 0.29) is 6.54 Å². The Kier molecular flexibility index (Phi) is 4.79. The van der Waals surface area contributed by atoms with Gasteiger partial charge < -0.3 is 4.90 Å². The zero-order chi connectivity index (χ0) is 14.8. The molecule has 2 aromatic heterocycles. The third kappa shape index (κ3) is 3.57. The highest BCUT2D eigenvalue weighted by Gasteiger charge is 2.18. The molecule has 2 rings (SSSR count). The van der Waals surface area contributed by atoms with Gasteiger partial charge in [0.25, 0.3) is 10.0 Å². The number of pyridine rings is 1. The topological polar surface area (TPSA) is 62.3 Å². The molecule has 0 aliphatic heterocycles. The van der Waals surface area contributed by atoms with Crippen LogP contribution in [-0.2, 0) is 16.6 Å². The smallest absolute Gasteiger partial charge is 0.251 e. The average Bonchev–Trinajstić information content (AvgIpc) is 2.84. The lowest BCUT2D eigenvalue weighted by Gasteiger charge is -2.12. The van der Waals surface area contributed by atoms with E-state index in [0.717, 1.165) is 11.4 Å². The summed E-state index contributed by atoms with van der Waals surface area (Å²) in [6, 6.07) is 5.36. The van der Waals surface area contributed by atoms with Crippen LogP contribution in [0.15, 0.2) is 38.5 Å². The Morgan fingerprint density at radius 3 is 2.75 bits per heavy atom. The Bertz CT molecular complexity index is 698. The van der Waals surface area contributed by atoms with Crippen LogP contribution in [0.1, 0.15) is 5.56 Å². The highest BCUT2D eigenvalue weighted by Crippen LogP contribution is 2.27. The SMILES string of the molecule is CN(C)c1cc(CNS(=O)(=O)c2sccc2Br)ccn1. The first kappa shape index (κ1) is 15.4. The highest BCUT2D eigenvalue weighted by molar-refractivity contribution is 9.10. The van der Waals surface area contributed by atoms with E-state index in [4.69, 9.17) is 0 Å². The van der Waals surface area contributed by atoms with Crippen molar-refractivity contribution in [1.82, 2.24) is 9.71 Å². The molecule has 0 atom stereocenters. The summed E-state index contributed by atoms with van der Waals surface area (Å²) in [6.07, 6.45) is 1.67. The van der Waals surface area contributed by atoms with E-state index >= 15 is 0 Å². The highest BCUT2D eigenvalue weighted by atomic mass is 79.9. The Balaban J connectivity index is 2.13. The minimum Gasteiger partial charge on any atom is -0.363 e. The van der Waals surface area contributed by atoms with Crippen molar-refractivity contribution in [2.45, 2.75) is 10.8 Å². The standard InChI is InChI=1S/C12H14BrN3O2S2/c1-16(2)11-7-9(3-5-14-11)8-15-20(17,18)12-10(13)4-6-19-12/h3-7,15H,8H2,1-2H3. The van der Waals surface area contributed by atoms with Crippen molar-refractivity contribution >= 4 is 43.1 Å². The normalized spacial score (nSPS) is 11.6. The molecule has 20 heavy (non-hydrogen) atoms. The molecule has 0 saturated heterocycles. The Morgan fingerprint density at radius 2 is 2.15 bits per heavy atom. The molecular weight excluding hydrogens is 362 g/mol. The average molecular weight is 376 g/mol. The van der Waals surface area contributed by atoms with Crippen LogP contribution >= 0.6 is 27.3 Å². The molecule has 0 spiro atoms. The van der Waals surface area contributed by atoms with E-state index < -0.39 is 10.0 Å². The van der Waals surface area contributed by atoms with Gasteiger partial charge in [-0.05, 0) is 45.1 Å². The number of halogens is 1. The molecule has 1 N–H and O–H groups in total. The second-order valence-electron chi connectivity index (χ2n) is 4.30. The van der Waals surface area contributed by atoms with E-state index in [9.17, 15) is 8.42 Å². The van der Waals surface area contributed by atoms with E-state index in [1.54, 1.807) is 23.7 Å². The van der Waals surface area contributed by atoms with Crippen LogP contribution < -0.4 is 9.62 Å². The summed E-state index contributed by atoms with van der Waals surface area (Å²) in [5.41, 5.74) is 0.861. The van der Waals surface area contributed by atoms with Crippen molar-refractivity contribution in [1.29, 1.82) is 0 Å². The first-order valence-electron chi connectivity index (χ1n) is 5.75. The van der Waals surface area contributed by atoms with Crippen LogP contribution in [0.25, 0.3) is 0 Å². The maximum absolute atomic E-state index is 12.1. The molecule has 5 nitrogen and oxygen atoms in total. The lowest BCUT2D eigenvalue weighted by Crippen LogP contribution is -2.23. The predicted octanol–water partition coefficient (Wildman–Crippen LogP) is 2.45. The molecule has 0 amide bonds. The van der Waals surface area contributed by atoms with Crippen LogP contribution in [0.5, 0.6) is 0 Å². The minimum atomic E-state index is -3.49. The van der Waals surface area contributed by atoms with Gasteiger partial charge in [-0.2, -0.15) is 0 Å². The molecule has 0 bridgehead atoms. The zero-order valence-electron chi connectivity index (χ0n) is 11.0. The van der Waals surface area contributed by atoms with Crippen LogP contribution in [0.3, 0.4) is 0 Å². The van der Waals surface area contributed by atoms with E-state index in [0.29, 0.717) is 8.68 Å². The number of nitrogens with one attached hydrogen (secondary N) is 1. The summed E-state index contributed by atoms with van der Waals surface area (Å²) in [5, 5.41) is 1.73. The molecule has 0 fully saturated rings. The Morgan fingerprint density at radius 1 is 1.40 bits per heavy atom. The van der Waals surface area contributed by atoms with Gasteiger partial charge >= 0.3 is 0 Å². The van der Waals surface area contributed by atoms with E-state index in [1.165, 1.54) is 11.3 Å². The summed E-state index contributed by atoms with van der Waals surface area (Å²) in [6.45, 7) is 0.232. The first-order valence-corrected chi connectivity index (χ1v) is 8.90. The monoisotopic (exact) mass is 375 g/mol. The predicted molar refractivity (Wildman–Crippen MR) is 84.6 cm³/mol. The number of sulfonamides is 1. The summed E-state index contributed by atoms with van der Waals surface area (Å²) in [5.74, 6) is 0.791. The number of rotatable bonds is 5. The van der Waals surface area contributed by atoms with Crippen molar-refractivity contribution in [2.75, 3.05) is 19.0 Å². The van der Waals surface area contributed by atoms with E-state index in [2.05, 4.69) is 25.6 Å². The maximum atomic E-state index is 12.1. The molecule has 108 valence electrons. The lowest BCUT2D eigenvalue weighted by atomic mass is 10.2. The summed E-state index contributed by atoms with van der Waals surface area (Å²) in [4.78, 5) is 6.06. The second kappa shape index (κ2) is 6.21. The molecule has 2 heterocycles. The van der Waals surface area contributed by atoms with Crippen LogP contribution in [0.2, 0.25) is 0 Å². The van der Waals surface area contributed by atoms with Crippen molar-refractivity contribution in [3.05, 3.63) is 39.8 Å². The molecular formula is C12H14BrN3O2S2. The summed E-state index contributed by atoms with van der Waals surface area (Å²) < 4.78 is 27.8. The number of aromatic nitrogens is 1. The number of hydrogen-bond donors (Lipinski definition) is 1. The van der Waals surface area contributed by atoms with Crippen molar-refractivity contribution in [2.24, 2.45) is 0 Å². The fraction of sp³-hybridized carbons (Fsp3) is 0.250. The lowest BCUT2D eigenvalue weighted by molar-refractivity contribution is 0.583. The van der Waals surface area contributed by atoms with Crippen LogP contribution in [0.4, 0.5) is 5.82 Å². The summed E-state index contributed by atoms with van der Waals surface area (Å²) in [7, 11) is 0.285. The quantitative estimate of drug-likeness (QED) is 0.871. The minimum absolute atomic E-state index is 0.232. The molecule has 0 saturated carbocycles. The summed E-state index contributed by atoms with van der Waals surface area (Å²) >= 11 is 4.42. The third-order valence-electron chi connectivity index (χ3n) is 2.56. The van der Waals surface area contributed by atoms with Gasteiger partial charge in [-0.1, -0.05) is 0 Å². The number of hydrogen-bond acceptors (Lipinski definition) is 5. The maximum Gasteiger partial charge on any atom is 0.251 e. The molecule has 0 unspecified atom stereocenters. The molecule has 0 radical (unpaired) electrons. The van der Waals surface area contributed by atoms with Gasteiger partial charge in [0, 0.05) is 31.3 Å². The zero-order valence-corrected chi connectivity index (χ0v) is 14.2. The third-order valence-corrected chi connectivity index (χ3v) is 6.63. The largest absolute Gasteiger partial charge is 0.363 e. The number of anilines is 1. The van der Waals surface area contributed by atoms with Crippen LogP contribution in [-0.4, -0.2) is 27.5 Å². The van der Waals surface area contributed by atoms with Crippen LogP contribution in [0, 0.1) is 0 Å². The van der Waals surface area contributed by atoms with E-state index in [1.807, 2.05) is 25.1 Å². The fourth-order valence-electron chi connectivity index (χ4n) is 1.53. The van der Waals surface area contributed by atoms with Gasteiger partial charge in [-0.25, -0.2) is 18.1 Å². The second-order valence-corrected chi connectivity index (χ2v) is 8.03. The number of nitrogens with zero attached hydrogens (tertiary/aromatic N) is 2.